The average Bonchev–Trinajstić information content (AvgIpc) is 2.18. The SMILES string of the molecule is CC(=O)/C=C/Nc1ccc([N+](=O)[O-])cc1. The van der Waals surface area contributed by atoms with Gasteiger partial charge < -0.3 is 5.32 Å². The van der Waals surface area contributed by atoms with E-state index in [1.54, 1.807) is 12.1 Å². The number of non-ortho nitro benzene ring substituents is 1. The molecule has 0 atom stereocenters. The van der Waals surface area contributed by atoms with E-state index in [1.165, 1.54) is 31.3 Å². The van der Waals surface area contributed by atoms with E-state index >= 15 is 0 Å². The maximum absolute atomic E-state index is 10.6. The summed E-state index contributed by atoms with van der Waals surface area (Å²) in [5, 5.41) is 13.2. The lowest BCUT2D eigenvalue weighted by atomic mass is 10.3. The molecule has 0 saturated heterocycles. The summed E-state index contributed by atoms with van der Waals surface area (Å²) >= 11 is 0. The molecule has 1 N–H and O–H groups in total. The van der Waals surface area contributed by atoms with Crippen molar-refractivity contribution in [3.63, 3.8) is 0 Å². The van der Waals surface area contributed by atoms with Crippen LogP contribution in [0.4, 0.5) is 11.4 Å². The van der Waals surface area contributed by atoms with Gasteiger partial charge in [0.05, 0.1) is 4.92 Å². The number of hydrogen-bond donors (Lipinski definition) is 1. The van der Waals surface area contributed by atoms with Crippen LogP contribution in [0.5, 0.6) is 0 Å². The minimum absolute atomic E-state index is 0.0381. The quantitative estimate of drug-likeness (QED) is 0.465. The predicted octanol–water partition coefficient (Wildman–Crippen LogP) is 2.11. The second kappa shape index (κ2) is 4.90. The van der Waals surface area contributed by atoms with E-state index in [4.69, 9.17) is 0 Å². The highest BCUT2D eigenvalue weighted by Gasteiger charge is 2.02. The summed E-state index contributed by atoms with van der Waals surface area (Å²) in [5.41, 5.74) is 0.731. The zero-order chi connectivity index (χ0) is 11.3. The fraction of sp³-hybridized carbons (Fsp3) is 0.100. The van der Waals surface area contributed by atoms with Gasteiger partial charge in [0, 0.05) is 24.0 Å². The first-order chi connectivity index (χ1) is 7.09. The molecule has 1 aromatic carbocycles. The van der Waals surface area contributed by atoms with Gasteiger partial charge in [0.15, 0.2) is 5.78 Å². The van der Waals surface area contributed by atoms with Gasteiger partial charge in [-0.1, -0.05) is 0 Å². The lowest BCUT2D eigenvalue weighted by Gasteiger charge is -1.98. The van der Waals surface area contributed by atoms with Crippen molar-refractivity contribution in [1.82, 2.24) is 0 Å². The molecule has 1 rings (SSSR count). The predicted molar refractivity (Wildman–Crippen MR) is 56.5 cm³/mol. The van der Waals surface area contributed by atoms with Crippen LogP contribution in [0.1, 0.15) is 6.92 Å². The number of nitro benzene ring substituents is 1. The largest absolute Gasteiger partial charge is 0.362 e. The van der Waals surface area contributed by atoms with Crippen molar-refractivity contribution in [2.24, 2.45) is 0 Å². The van der Waals surface area contributed by atoms with Crippen molar-refractivity contribution >= 4 is 17.2 Å². The van der Waals surface area contributed by atoms with Gasteiger partial charge in [-0.05, 0) is 25.1 Å². The number of carbonyl (C=O) groups is 1. The van der Waals surface area contributed by atoms with E-state index in [1.807, 2.05) is 0 Å². The smallest absolute Gasteiger partial charge is 0.269 e. The Labute approximate surface area is 86.6 Å². The van der Waals surface area contributed by atoms with Gasteiger partial charge in [0.1, 0.15) is 0 Å². The van der Waals surface area contributed by atoms with Gasteiger partial charge in [0.25, 0.3) is 5.69 Å². The Balaban J connectivity index is 2.65. The van der Waals surface area contributed by atoms with Crippen molar-refractivity contribution in [1.29, 1.82) is 0 Å². The molecule has 0 unspecified atom stereocenters. The highest BCUT2D eigenvalue weighted by atomic mass is 16.6. The van der Waals surface area contributed by atoms with Crippen molar-refractivity contribution in [3.8, 4) is 0 Å². The summed E-state index contributed by atoms with van der Waals surface area (Å²) in [4.78, 5) is 20.4. The molecule has 0 radical (unpaired) electrons. The highest BCUT2D eigenvalue weighted by Crippen LogP contribution is 2.15. The minimum atomic E-state index is -0.463. The zero-order valence-electron chi connectivity index (χ0n) is 8.14. The maximum atomic E-state index is 10.6. The molecular formula is C10H10N2O3. The van der Waals surface area contributed by atoms with Crippen LogP contribution in [0.2, 0.25) is 0 Å². The third-order valence-electron chi connectivity index (χ3n) is 1.65. The molecule has 0 fully saturated rings. The molecule has 5 nitrogen and oxygen atoms in total. The minimum Gasteiger partial charge on any atom is -0.362 e. The number of hydrogen-bond acceptors (Lipinski definition) is 4. The Kier molecular flexibility index (Phi) is 3.56. The topological polar surface area (TPSA) is 72.2 Å². The Morgan fingerprint density at radius 2 is 2.00 bits per heavy atom. The number of ketones is 1. The number of anilines is 1. The molecule has 0 aliphatic carbocycles. The van der Waals surface area contributed by atoms with Crippen molar-refractivity contribution < 1.29 is 9.72 Å². The molecule has 0 aliphatic rings. The van der Waals surface area contributed by atoms with Gasteiger partial charge in [-0.15, -0.1) is 0 Å². The number of rotatable bonds is 4. The first-order valence-corrected chi connectivity index (χ1v) is 4.27. The van der Waals surface area contributed by atoms with Crippen LogP contribution in [0.15, 0.2) is 36.5 Å². The summed E-state index contributed by atoms with van der Waals surface area (Å²) in [6.45, 7) is 1.44. The summed E-state index contributed by atoms with van der Waals surface area (Å²) in [7, 11) is 0. The molecule has 0 bridgehead atoms. The van der Waals surface area contributed by atoms with E-state index < -0.39 is 4.92 Å². The van der Waals surface area contributed by atoms with E-state index in [2.05, 4.69) is 5.32 Å². The summed E-state index contributed by atoms with van der Waals surface area (Å²) in [6, 6.07) is 5.93. The molecular weight excluding hydrogens is 196 g/mol. The van der Waals surface area contributed by atoms with Crippen molar-refractivity contribution in [2.45, 2.75) is 6.92 Å². The summed E-state index contributed by atoms with van der Waals surface area (Å²) in [6.07, 6.45) is 2.87. The zero-order valence-corrected chi connectivity index (χ0v) is 8.14. The molecule has 0 amide bonds. The van der Waals surface area contributed by atoms with Crippen LogP contribution >= 0.6 is 0 Å². The molecule has 0 aliphatic heterocycles. The van der Waals surface area contributed by atoms with Crippen LogP contribution in [0.25, 0.3) is 0 Å². The van der Waals surface area contributed by atoms with Crippen LogP contribution < -0.4 is 5.32 Å². The molecule has 0 heterocycles. The number of allylic oxidation sites excluding steroid dienone is 1. The van der Waals surface area contributed by atoms with E-state index in [9.17, 15) is 14.9 Å². The van der Waals surface area contributed by atoms with Gasteiger partial charge in [-0.25, -0.2) is 0 Å². The Morgan fingerprint density at radius 1 is 1.40 bits per heavy atom. The van der Waals surface area contributed by atoms with Crippen molar-refractivity contribution in [2.75, 3.05) is 5.32 Å². The van der Waals surface area contributed by atoms with Gasteiger partial charge in [-0.3, -0.25) is 14.9 Å². The number of nitro groups is 1. The second-order valence-electron chi connectivity index (χ2n) is 2.89. The molecule has 78 valence electrons. The molecule has 0 spiro atoms. The lowest BCUT2D eigenvalue weighted by Crippen LogP contribution is -1.91. The average molecular weight is 206 g/mol. The number of nitrogens with zero attached hydrogens (tertiary/aromatic N) is 1. The standard InChI is InChI=1S/C10H10N2O3/c1-8(13)6-7-11-9-2-4-10(5-3-9)12(14)15/h2-7,11H,1H3/b7-6+. The summed E-state index contributed by atoms with van der Waals surface area (Å²) in [5.74, 6) is -0.0654. The molecule has 0 aromatic heterocycles. The van der Waals surface area contributed by atoms with Crippen molar-refractivity contribution in [3.05, 3.63) is 46.7 Å². The Morgan fingerprint density at radius 3 is 2.47 bits per heavy atom. The monoisotopic (exact) mass is 206 g/mol. The van der Waals surface area contributed by atoms with E-state index in [0.29, 0.717) is 5.69 Å². The molecule has 1 aromatic rings. The van der Waals surface area contributed by atoms with E-state index in [0.717, 1.165) is 0 Å². The third-order valence-corrected chi connectivity index (χ3v) is 1.65. The highest BCUT2D eigenvalue weighted by molar-refractivity contribution is 5.87. The van der Waals surface area contributed by atoms with Crippen LogP contribution in [0.3, 0.4) is 0 Å². The molecule has 5 heteroatoms. The van der Waals surface area contributed by atoms with Gasteiger partial charge in [0.2, 0.25) is 0 Å². The number of nitrogens with one attached hydrogen (secondary N) is 1. The van der Waals surface area contributed by atoms with E-state index in [-0.39, 0.29) is 11.5 Å². The van der Waals surface area contributed by atoms with Crippen LogP contribution in [-0.4, -0.2) is 10.7 Å². The number of carbonyl (C=O) groups excluding carboxylic acids is 1. The normalized spacial score (nSPS) is 10.2. The number of benzene rings is 1. The van der Waals surface area contributed by atoms with Gasteiger partial charge >= 0.3 is 0 Å². The van der Waals surface area contributed by atoms with Gasteiger partial charge in [-0.2, -0.15) is 0 Å². The fourth-order valence-electron chi connectivity index (χ4n) is 0.935. The fourth-order valence-corrected chi connectivity index (χ4v) is 0.935. The lowest BCUT2D eigenvalue weighted by molar-refractivity contribution is -0.384. The summed E-state index contributed by atoms with van der Waals surface area (Å²) < 4.78 is 0. The van der Waals surface area contributed by atoms with Crippen LogP contribution in [-0.2, 0) is 4.79 Å². The maximum Gasteiger partial charge on any atom is 0.269 e. The van der Waals surface area contributed by atoms with Crippen LogP contribution in [0, 0.1) is 10.1 Å². The second-order valence-corrected chi connectivity index (χ2v) is 2.89. The Hall–Kier alpha value is -2.17. The Bertz CT molecular complexity index is 396. The molecule has 0 saturated carbocycles. The first kappa shape index (κ1) is 10.9. The third kappa shape index (κ3) is 3.60. The molecule has 15 heavy (non-hydrogen) atoms. The first-order valence-electron chi connectivity index (χ1n) is 4.27.